The van der Waals surface area contributed by atoms with Crippen molar-refractivity contribution < 1.29 is 4.79 Å². The summed E-state index contributed by atoms with van der Waals surface area (Å²) >= 11 is 2.85. The van der Waals surface area contributed by atoms with Gasteiger partial charge in [0.1, 0.15) is 4.83 Å². The summed E-state index contributed by atoms with van der Waals surface area (Å²) in [4.78, 5) is 35.5. The molecule has 0 bridgehead atoms. The normalized spacial score (nSPS) is 13.9. The van der Waals surface area contributed by atoms with E-state index in [1.54, 1.807) is 30.3 Å². The predicted molar refractivity (Wildman–Crippen MR) is 102 cm³/mol. The number of aromatic nitrogens is 2. The number of amides is 1. The van der Waals surface area contributed by atoms with E-state index in [0.29, 0.717) is 16.5 Å². The van der Waals surface area contributed by atoms with Gasteiger partial charge in [-0.05, 0) is 31.7 Å². The Labute approximate surface area is 150 Å². The summed E-state index contributed by atoms with van der Waals surface area (Å²) in [6.07, 6.45) is 1.98. The molecule has 2 rings (SSSR count). The lowest BCUT2D eigenvalue weighted by Crippen LogP contribution is -2.30. The second-order valence-corrected chi connectivity index (χ2v) is 8.93. The van der Waals surface area contributed by atoms with Gasteiger partial charge in [0.2, 0.25) is 5.91 Å². The maximum absolute atomic E-state index is 12.6. The highest BCUT2D eigenvalue weighted by Crippen LogP contribution is 2.31. The summed E-state index contributed by atoms with van der Waals surface area (Å²) in [6, 6.07) is 0. The Balaban J connectivity index is 2.38. The fourth-order valence-corrected chi connectivity index (χ4v) is 4.58. The molecule has 2 atom stereocenters. The van der Waals surface area contributed by atoms with Gasteiger partial charge in [-0.15, -0.1) is 11.3 Å². The average Bonchev–Trinajstić information content (AvgIpc) is 2.82. The summed E-state index contributed by atoms with van der Waals surface area (Å²) < 4.78 is 0. The molecule has 7 heteroatoms. The van der Waals surface area contributed by atoms with Gasteiger partial charge in [0.05, 0.1) is 10.6 Å². The van der Waals surface area contributed by atoms with Crippen LogP contribution in [-0.4, -0.2) is 40.1 Å². The van der Waals surface area contributed by atoms with E-state index in [1.165, 1.54) is 11.8 Å². The quantitative estimate of drug-likeness (QED) is 0.627. The van der Waals surface area contributed by atoms with E-state index in [-0.39, 0.29) is 16.7 Å². The standard InChI is InChI=1S/C17H25N3O2S2/c1-7-9(2)8-12-10(3)23-15-13(12)14(21)18-17(19-15)24-11(4)16(22)20(5)6/h9,11H,7-8H2,1-6H3,(H,18,19,21)/t9-,11+/m0/s1. The Morgan fingerprint density at radius 1 is 1.38 bits per heavy atom. The number of thioether (sulfide) groups is 1. The number of nitrogens with one attached hydrogen (secondary N) is 1. The molecule has 132 valence electrons. The van der Waals surface area contributed by atoms with Crippen molar-refractivity contribution in [3.05, 3.63) is 20.8 Å². The highest BCUT2D eigenvalue weighted by Gasteiger charge is 2.20. The van der Waals surface area contributed by atoms with Crippen molar-refractivity contribution in [2.75, 3.05) is 14.1 Å². The molecule has 0 saturated carbocycles. The molecular weight excluding hydrogens is 342 g/mol. The predicted octanol–water partition coefficient (Wildman–Crippen LogP) is 3.45. The minimum Gasteiger partial charge on any atom is -0.348 e. The van der Waals surface area contributed by atoms with Crippen LogP contribution in [0.1, 0.15) is 37.6 Å². The number of carbonyl (C=O) groups is 1. The van der Waals surface area contributed by atoms with Gasteiger partial charge in [-0.2, -0.15) is 0 Å². The van der Waals surface area contributed by atoms with Crippen LogP contribution in [0.5, 0.6) is 0 Å². The van der Waals surface area contributed by atoms with E-state index in [0.717, 1.165) is 28.1 Å². The minimum atomic E-state index is -0.291. The number of aryl methyl sites for hydroxylation is 1. The number of carbonyl (C=O) groups excluding carboxylic acids is 1. The van der Waals surface area contributed by atoms with Crippen molar-refractivity contribution in [1.82, 2.24) is 14.9 Å². The Morgan fingerprint density at radius 3 is 2.62 bits per heavy atom. The van der Waals surface area contributed by atoms with Crippen molar-refractivity contribution in [2.24, 2.45) is 5.92 Å². The highest BCUT2D eigenvalue weighted by molar-refractivity contribution is 8.00. The van der Waals surface area contributed by atoms with Gasteiger partial charge in [0, 0.05) is 19.0 Å². The molecule has 5 nitrogen and oxygen atoms in total. The molecule has 0 spiro atoms. The molecule has 0 unspecified atom stereocenters. The first-order valence-corrected chi connectivity index (χ1v) is 9.84. The molecule has 0 aliphatic heterocycles. The van der Waals surface area contributed by atoms with Crippen molar-refractivity contribution in [1.29, 1.82) is 0 Å². The molecule has 0 aliphatic rings. The van der Waals surface area contributed by atoms with Crippen molar-refractivity contribution in [2.45, 2.75) is 50.9 Å². The maximum atomic E-state index is 12.6. The minimum absolute atomic E-state index is 0.00238. The molecule has 1 N–H and O–H groups in total. The van der Waals surface area contributed by atoms with Crippen molar-refractivity contribution >= 4 is 39.2 Å². The van der Waals surface area contributed by atoms with Crippen LogP contribution >= 0.6 is 23.1 Å². The van der Waals surface area contributed by atoms with E-state index in [2.05, 4.69) is 30.7 Å². The molecule has 0 aromatic carbocycles. The van der Waals surface area contributed by atoms with Gasteiger partial charge in [-0.25, -0.2) is 4.98 Å². The molecule has 2 aromatic rings. The lowest BCUT2D eigenvalue weighted by molar-refractivity contribution is -0.127. The SMILES string of the molecule is CC[C@H](C)Cc1c(C)sc2nc(S[C@H](C)C(=O)N(C)C)[nH]c(=O)c12. The summed E-state index contributed by atoms with van der Waals surface area (Å²) in [5.74, 6) is 0.537. The molecule has 0 radical (unpaired) electrons. The first-order valence-electron chi connectivity index (χ1n) is 8.14. The zero-order valence-corrected chi connectivity index (χ0v) is 16.7. The number of hydrogen-bond donors (Lipinski definition) is 1. The van der Waals surface area contributed by atoms with Gasteiger partial charge < -0.3 is 9.88 Å². The van der Waals surface area contributed by atoms with Crippen LogP contribution in [0.3, 0.4) is 0 Å². The van der Waals surface area contributed by atoms with Gasteiger partial charge in [0.15, 0.2) is 5.16 Å². The maximum Gasteiger partial charge on any atom is 0.260 e. The smallest absolute Gasteiger partial charge is 0.260 e. The van der Waals surface area contributed by atoms with Crippen LogP contribution in [0.2, 0.25) is 0 Å². The zero-order chi connectivity index (χ0) is 18.0. The number of rotatable bonds is 6. The fraction of sp³-hybridized carbons (Fsp3) is 0.588. The highest BCUT2D eigenvalue weighted by atomic mass is 32.2. The summed E-state index contributed by atoms with van der Waals surface area (Å²) in [5, 5.41) is 0.932. The van der Waals surface area contributed by atoms with E-state index in [4.69, 9.17) is 0 Å². The van der Waals surface area contributed by atoms with E-state index < -0.39 is 0 Å². The third kappa shape index (κ3) is 4.00. The van der Waals surface area contributed by atoms with Gasteiger partial charge >= 0.3 is 0 Å². The molecule has 24 heavy (non-hydrogen) atoms. The largest absolute Gasteiger partial charge is 0.348 e. The molecule has 0 aliphatic carbocycles. The summed E-state index contributed by atoms with van der Waals surface area (Å²) in [7, 11) is 3.45. The zero-order valence-electron chi connectivity index (χ0n) is 15.1. The van der Waals surface area contributed by atoms with Gasteiger partial charge in [0.25, 0.3) is 5.56 Å². The van der Waals surface area contributed by atoms with Gasteiger partial charge in [-0.1, -0.05) is 32.0 Å². The van der Waals surface area contributed by atoms with Gasteiger partial charge in [-0.3, -0.25) is 9.59 Å². The Morgan fingerprint density at radius 2 is 2.04 bits per heavy atom. The van der Waals surface area contributed by atoms with E-state index >= 15 is 0 Å². The first-order chi connectivity index (χ1) is 11.2. The molecule has 0 fully saturated rings. The summed E-state index contributed by atoms with van der Waals surface area (Å²) in [5.41, 5.74) is 1.02. The number of fused-ring (bicyclic) bond motifs is 1. The second kappa shape index (κ2) is 7.70. The third-order valence-electron chi connectivity index (χ3n) is 4.17. The number of nitrogens with zero attached hydrogens (tertiary/aromatic N) is 2. The first kappa shape index (κ1) is 19.0. The number of thiophene rings is 1. The fourth-order valence-electron chi connectivity index (χ4n) is 2.53. The van der Waals surface area contributed by atoms with Crippen LogP contribution in [0, 0.1) is 12.8 Å². The molecule has 2 heterocycles. The van der Waals surface area contributed by atoms with Crippen LogP contribution in [0.25, 0.3) is 10.2 Å². The second-order valence-electron chi connectivity index (χ2n) is 6.40. The third-order valence-corrected chi connectivity index (χ3v) is 6.18. The van der Waals surface area contributed by atoms with E-state index in [9.17, 15) is 9.59 Å². The van der Waals surface area contributed by atoms with Crippen LogP contribution in [0.4, 0.5) is 0 Å². The lowest BCUT2D eigenvalue weighted by atomic mass is 9.98. The Kier molecular flexibility index (Phi) is 6.09. The molecule has 2 aromatic heterocycles. The lowest BCUT2D eigenvalue weighted by Gasteiger charge is -2.15. The monoisotopic (exact) mass is 367 g/mol. The Hall–Kier alpha value is -1.34. The number of hydrogen-bond acceptors (Lipinski definition) is 5. The number of H-pyrrole nitrogens is 1. The topological polar surface area (TPSA) is 66.1 Å². The molecule has 0 saturated heterocycles. The number of aromatic amines is 1. The molecular formula is C17H25N3O2S2. The molecule has 1 amide bonds. The summed E-state index contributed by atoms with van der Waals surface area (Å²) in [6.45, 7) is 8.23. The van der Waals surface area contributed by atoms with Crippen LogP contribution in [0.15, 0.2) is 9.95 Å². The average molecular weight is 368 g/mol. The Bertz CT molecular complexity index is 795. The van der Waals surface area contributed by atoms with Crippen molar-refractivity contribution in [3.8, 4) is 0 Å². The van der Waals surface area contributed by atoms with E-state index in [1.807, 2.05) is 6.92 Å². The van der Waals surface area contributed by atoms with Crippen LogP contribution < -0.4 is 5.56 Å². The van der Waals surface area contributed by atoms with Crippen LogP contribution in [-0.2, 0) is 11.2 Å². The van der Waals surface area contributed by atoms with Crippen molar-refractivity contribution in [3.63, 3.8) is 0 Å².